The van der Waals surface area contributed by atoms with Crippen LogP contribution >= 0.6 is 0 Å². The van der Waals surface area contributed by atoms with Crippen LogP contribution in [0, 0.1) is 0 Å². The zero-order valence-electron chi connectivity index (χ0n) is 14.9. The monoisotopic (exact) mass is 418 g/mol. The van der Waals surface area contributed by atoms with E-state index in [-0.39, 0.29) is 18.2 Å². The first-order chi connectivity index (χ1) is 13.5. The standard InChI is InChI=1S/C18H16F6N4O/c19-17(20,21)11-1-2-13(26-8-11)6-16(29)27-14-3-4-28(10-14)15-5-12(7-25-9-15)18(22,23)24/h1-2,5,7-9,14H,3-4,6,10H2,(H,27,29)/t14-/m1/s1. The van der Waals surface area contributed by atoms with Crippen molar-refractivity contribution in [3.8, 4) is 0 Å². The Kier molecular flexibility index (Phi) is 5.67. The van der Waals surface area contributed by atoms with Crippen LogP contribution in [-0.4, -0.2) is 35.0 Å². The molecule has 0 spiro atoms. The third-order valence-corrected chi connectivity index (χ3v) is 4.46. The zero-order valence-corrected chi connectivity index (χ0v) is 14.9. The van der Waals surface area contributed by atoms with Gasteiger partial charge < -0.3 is 10.2 Å². The van der Waals surface area contributed by atoms with Gasteiger partial charge in [-0.05, 0) is 24.6 Å². The Balaban J connectivity index is 1.55. The summed E-state index contributed by atoms with van der Waals surface area (Å²) < 4.78 is 76.0. The number of carbonyl (C=O) groups excluding carboxylic acids is 1. The highest BCUT2D eigenvalue weighted by Gasteiger charge is 2.33. The molecule has 1 amide bonds. The number of pyridine rings is 2. The Morgan fingerprint density at radius 2 is 1.79 bits per heavy atom. The second kappa shape index (κ2) is 7.88. The van der Waals surface area contributed by atoms with Gasteiger partial charge in [0.25, 0.3) is 0 Å². The molecule has 0 radical (unpaired) electrons. The van der Waals surface area contributed by atoms with Crippen LogP contribution in [0.1, 0.15) is 23.2 Å². The van der Waals surface area contributed by atoms with Crippen molar-refractivity contribution >= 4 is 11.6 Å². The molecule has 0 aromatic carbocycles. The highest BCUT2D eigenvalue weighted by molar-refractivity contribution is 5.78. The summed E-state index contributed by atoms with van der Waals surface area (Å²) in [6.07, 6.45) is -5.94. The Morgan fingerprint density at radius 1 is 1.07 bits per heavy atom. The summed E-state index contributed by atoms with van der Waals surface area (Å²) in [5.41, 5.74) is -1.26. The first kappa shape index (κ1) is 20.9. The van der Waals surface area contributed by atoms with Gasteiger partial charge in [-0.25, -0.2) is 0 Å². The molecule has 1 aliphatic heterocycles. The number of nitrogens with one attached hydrogen (secondary N) is 1. The van der Waals surface area contributed by atoms with Gasteiger partial charge in [-0.15, -0.1) is 0 Å². The van der Waals surface area contributed by atoms with E-state index in [1.165, 1.54) is 6.20 Å². The van der Waals surface area contributed by atoms with Crippen molar-refractivity contribution in [2.24, 2.45) is 0 Å². The highest BCUT2D eigenvalue weighted by atomic mass is 19.4. The number of nitrogens with zero attached hydrogens (tertiary/aromatic N) is 3. The molecule has 1 saturated heterocycles. The van der Waals surface area contributed by atoms with Gasteiger partial charge in [0.2, 0.25) is 5.91 Å². The fourth-order valence-corrected chi connectivity index (χ4v) is 3.01. The molecule has 1 aliphatic rings. The maximum Gasteiger partial charge on any atom is 0.417 e. The van der Waals surface area contributed by atoms with E-state index in [4.69, 9.17) is 0 Å². The van der Waals surface area contributed by atoms with E-state index in [0.717, 1.165) is 24.4 Å². The van der Waals surface area contributed by atoms with Gasteiger partial charge in [0, 0.05) is 37.2 Å². The number of alkyl halides is 6. The average Bonchev–Trinajstić information content (AvgIpc) is 3.09. The smallest absolute Gasteiger partial charge is 0.368 e. The van der Waals surface area contributed by atoms with Crippen molar-refractivity contribution in [3.63, 3.8) is 0 Å². The topological polar surface area (TPSA) is 58.1 Å². The van der Waals surface area contributed by atoms with Gasteiger partial charge in [0.1, 0.15) is 0 Å². The SMILES string of the molecule is O=C(Cc1ccc(C(F)(F)F)cn1)N[C@@H]1CCN(c2cncc(C(F)(F)F)c2)C1. The molecule has 1 atom stereocenters. The average molecular weight is 418 g/mol. The molecule has 2 aromatic heterocycles. The highest BCUT2D eigenvalue weighted by Crippen LogP contribution is 2.32. The first-order valence-electron chi connectivity index (χ1n) is 8.61. The number of rotatable bonds is 4. The number of carbonyl (C=O) groups is 1. The fraction of sp³-hybridized carbons (Fsp3) is 0.389. The van der Waals surface area contributed by atoms with Crippen LogP contribution in [0.15, 0.2) is 36.8 Å². The molecule has 1 fully saturated rings. The Labute approximate surface area is 161 Å². The normalized spacial score (nSPS) is 17.4. The molecule has 2 aromatic rings. The number of hydrogen-bond donors (Lipinski definition) is 1. The predicted molar refractivity (Wildman–Crippen MR) is 90.9 cm³/mol. The van der Waals surface area contributed by atoms with Gasteiger partial charge in [0.05, 0.1) is 29.4 Å². The summed E-state index contributed by atoms with van der Waals surface area (Å²) in [7, 11) is 0. The second-order valence-electron chi connectivity index (χ2n) is 6.64. The van der Waals surface area contributed by atoms with Crippen molar-refractivity contribution in [1.29, 1.82) is 0 Å². The molecule has 3 rings (SSSR count). The molecule has 11 heteroatoms. The van der Waals surface area contributed by atoms with E-state index < -0.39 is 29.4 Å². The Bertz CT molecular complexity index is 866. The maximum absolute atomic E-state index is 12.8. The van der Waals surface area contributed by atoms with E-state index in [1.807, 2.05) is 0 Å². The molecule has 5 nitrogen and oxygen atoms in total. The van der Waals surface area contributed by atoms with Crippen molar-refractivity contribution in [2.45, 2.75) is 31.2 Å². The van der Waals surface area contributed by atoms with Crippen LogP contribution in [0.4, 0.5) is 32.0 Å². The van der Waals surface area contributed by atoms with Crippen LogP contribution in [0.25, 0.3) is 0 Å². The fourth-order valence-electron chi connectivity index (χ4n) is 3.01. The van der Waals surface area contributed by atoms with Crippen LogP contribution in [-0.2, 0) is 23.6 Å². The molecule has 1 N–H and O–H groups in total. The molecule has 0 bridgehead atoms. The van der Waals surface area contributed by atoms with E-state index in [1.54, 1.807) is 4.90 Å². The van der Waals surface area contributed by atoms with Crippen molar-refractivity contribution in [3.05, 3.63) is 53.6 Å². The lowest BCUT2D eigenvalue weighted by Gasteiger charge is -2.20. The second-order valence-corrected chi connectivity index (χ2v) is 6.64. The molecule has 3 heterocycles. The van der Waals surface area contributed by atoms with E-state index in [0.29, 0.717) is 31.4 Å². The summed E-state index contributed by atoms with van der Waals surface area (Å²) >= 11 is 0. The van der Waals surface area contributed by atoms with Gasteiger partial charge >= 0.3 is 12.4 Å². The van der Waals surface area contributed by atoms with E-state index in [9.17, 15) is 31.1 Å². The third kappa shape index (κ3) is 5.36. The molecule has 0 aliphatic carbocycles. The van der Waals surface area contributed by atoms with E-state index >= 15 is 0 Å². The first-order valence-corrected chi connectivity index (χ1v) is 8.61. The number of amides is 1. The Hall–Kier alpha value is -2.85. The summed E-state index contributed by atoms with van der Waals surface area (Å²) in [4.78, 5) is 21.1. The van der Waals surface area contributed by atoms with Crippen LogP contribution in [0.3, 0.4) is 0 Å². The zero-order chi connectivity index (χ0) is 21.2. The lowest BCUT2D eigenvalue weighted by Crippen LogP contribution is -2.38. The molecule has 156 valence electrons. The summed E-state index contributed by atoms with van der Waals surface area (Å²) in [5, 5.41) is 2.73. The number of hydrogen-bond acceptors (Lipinski definition) is 4. The van der Waals surface area contributed by atoms with Crippen LogP contribution in [0.5, 0.6) is 0 Å². The van der Waals surface area contributed by atoms with Crippen molar-refractivity contribution in [1.82, 2.24) is 15.3 Å². The minimum absolute atomic E-state index is 0.187. The van der Waals surface area contributed by atoms with Gasteiger partial charge in [0.15, 0.2) is 0 Å². The molecule has 0 saturated carbocycles. The van der Waals surface area contributed by atoms with Crippen LogP contribution in [0.2, 0.25) is 0 Å². The summed E-state index contributed by atoms with van der Waals surface area (Å²) in [6.45, 7) is 0.738. The molecule has 29 heavy (non-hydrogen) atoms. The maximum atomic E-state index is 12.8. The van der Waals surface area contributed by atoms with Gasteiger partial charge in [-0.1, -0.05) is 0 Å². The van der Waals surface area contributed by atoms with E-state index in [2.05, 4.69) is 15.3 Å². The minimum atomic E-state index is -4.50. The summed E-state index contributed by atoms with van der Waals surface area (Å²) in [6, 6.07) is 2.70. The van der Waals surface area contributed by atoms with Gasteiger partial charge in [-0.2, -0.15) is 26.3 Å². The molecule has 0 unspecified atom stereocenters. The van der Waals surface area contributed by atoms with Gasteiger partial charge in [-0.3, -0.25) is 14.8 Å². The Morgan fingerprint density at radius 3 is 2.41 bits per heavy atom. The third-order valence-electron chi connectivity index (χ3n) is 4.46. The van der Waals surface area contributed by atoms with Crippen molar-refractivity contribution < 1.29 is 31.1 Å². The number of halogens is 6. The lowest BCUT2D eigenvalue weighted by atomic mass is 10.2. The summed E-state index contributed by atoms with van der Waals surface area (Å²) in [5.74, 6) is -0.425. The largest absolute Gasteiger partial charge is 0.417 e. The molecular formula is C18H16F6N4O. The van der Waals surface area contributed by atoms with Crippen LogP contribution < -0.4 is 10.2 Å². The predicted octanol–water partition coefficient (Wildman–Crippen LogP) is 3.45. The minimum Gasteiger partial charge on any atom is -0.368 e. The quantitative estimate of drug-likeness (QED) is 0.773. The van der Waals surface area contributed by atoms with Crippen molar-refractivity contribution in [2.75, 3.05) is 18.0 Å². The number of anilines is 1. The molecular weight excluding hydrogens is 402 g/mol. The number of aromatic nitrogens is 2. The lowest BCUT2D eigenvalue weighted by molar-refractivity contribution is -0.138.